The van der Waals surface area contributed by atoms with Crippen LogP contribution in [-0.4, -0.2) is 18.8 Å². The van der Waals surface area contributed by atoms with Crippen LogP contribution in [0.5, 0.6) is 0 Å². The molecular weight excluding hydrogens is 190 g/mol. The maximum Gasteiger partial charge on any atom is 0.0913 e. The summed E-state index contributed by atoms with van der Waals surface area (Å²) in [4.78, 5) is 0. The Kier molecular flexibility index (Phi) is 3.47. The largest absolute Gasteiger partial charge is 0.387 e. The summed E-state index contributed by atoms with van der Waals surface area (Å²) in [6.07, 6.45) is -0.525. The van der Waals surface area contributed by atoms with E-state index in [-0.39, 0.29) is 5.67 Å². The topological polar surface area (TPSA) is 46.2 Å². The molecule has 0 aliphatic rings. The van der Waals surface area contributed by atoms with Crippen LogP contribution >= 0.6 is 0 Å². The quantitative estimate of drug-likeness (QED) is 0.747. The van der Waals surface area contributed by atoms with Crippen molar-refractivity contribution in [3.05, 3.63) is 35.9 Å². The summed E-state index contributed by atoms with van der Waals surface area (Å²) in [5, 5.41) is 10.0. The van der Waals surface area contributed by atoms with E-state index in [2.05, 4.69) is 19.6 Å². The van der Waals surface area contributed by atoms with E-state index in [0.717, 1.165) is 5.56 Å². The van der Waals surface area contributed by atoms with Crippen LogP contribution in [-0.2, 0) is 0 Å². The Morgan fingerprint density at radius 3 is 2.07 bits per heavy atom. The second-order valence-corrected chi connectivity index (χ2v) is 10.1. The van der Waals surface area contributed by atoms with E-state index in [9.17, 15) is 5.11 Å². The fraction of sp³-hybridized carbons (Fsp3) is 0.455. The second kappa shape index (κ2) is 4.25. The van der Waals surface area contributed by atoms with Crippen LogP contribution in [0.1, 0.15) is 11.7 Å². The second-order valence-electron chi connectivity index (χ2n) is 4.75. The van der Waals surface area contributed by atoms with E-state index in [1.807, 2.05) is 30.3 Å². The highest BCUT2D eigenvalue weighted by atomic mass is 28.3. The molecule has 14 heavy (non-hydrogen) atoms. The molecule has 0 heterocycles. The molecule has 0 amide bonds. The van der Waals surface area contributed by atoms with Gasteiger partial charge in [0.15, 0.2) is 0 Å². The molecule has 0 spiro atoms. The molecule has 0 aliphatic heterocycles. The molecule has 0 saturated carbocycles. The summed E-state index contributed by atoms with van der Waals surface area (Å²) >= 11 is 0. The van der Waals surface area contributed by atoms with Gasteiger partial charge in [0.05, 0.1) is 14.2 Å². The van der Waals surface area contributed by atoms with Gasteiger partial charge in [-0.1, -0.05) is 50.0 Å². The van der Waals surface area contributed by atoms with Gasteiger partial charge in [-0.05, 0) is 5.56 Å². The minimum Gasteiger partial charge on any atom is -0.387 e. The first kappa shape index (κ1) is 11.4. The number of aliphatic hydroxyl groups excluding tert-OH is 1. The average Bonchev–Trinajstić information content (AvgIpc) is 2.15. The lowest BCUT2D eigenvalue weighted by molar-refractivity contribution is 0.170. The maximum atomic E-state index is 10.0. The zero-order valence-corrected chi connectivity index (χ0v) is 10.1. The average molecular weight is 209 g/mol. The SMILES string of the molecule is C[Si](C)(C)[C@@H](N)[C@H](O)c1ccccc1. The third-order valence-electron chi connectivity index (χ3n) is 2.48. The van der Waals surface area contributed by atoms with E-state index in [4.69, 9.17) is 5.73 Å². The molecule has 1 rings (SSSR count). The van der Waals surface area contributed by atoms with Gasteiger partial charge < -0.3 is 10.8 Å². The van der Waals surface area contributed by atoms with Gasteiger partial charge in [-0.25, -0.2) is 0 Å². The highest BCUT2D eigenvalue weighted by Gasteiger charge is 2.29. The van der Waals surface area contributed by atoms with Crippen molar-refractivity contribution in [3.8, 4) is 0 Å². The molecule has 0 bridgehead atoms. The van der Waals surface area contributed by atoms with Crippen LogP contribution in [0.2, 0.25) is 19.6 Å². The molecule has 3 N–H and O–H groups in total. The highest BCUT2D eigenvalue weighted by molar-refractivity contribution is 6.77. The van der Waals surface area contributed by atoms with Crippen LogP contribution in [0, 0.1) is 0 Å². The molecule has 0 aliphatic carbocycles. The van der Waals surface area contributed by atoms with E-state index < -0.39 is 14.2 Å². The Morgan fingerprint density at radius 2 is 1.64 bits per heavy atom. The van der Waals surface area contributed by atoms with Gasteiger partial charge in [0.25, 0.3) is 0 Å². The molecule has 0 fully saturated rings. The molecule has 2 nitrogen and oxygen atoms in total. The van der Waals surface area contributed by atoms with E-state index in [0.29, 0.717) is 0 Å². The molecular formula is C11H19NOSi. The van der Waals surface area contributed by atoms with Gasteiger partial charge in [-0.15, -0.1) is 0 Å². The Balaban J connectivity index is 2.81. The number of aliphatic hydroxyl groups is 1. The molecule has 78 valence electrons. The third-order valence-corrected chi connectivity index (χ3v) is 4.80. The molecule has 3 heteroatoms. The summed E-state index contributed by atoms with van der Waals surface area (Å²) in [6, 6.07) is 9.64. The van der Waals surface area contributed by atoms with Gasteiger partial charge in [0.2, 0.25) is 0 Å². The molecule has 0 radical (unpaired) electrons. The lowest BCUT2D eigenvalue weighted by Crippen LogP contribution is -2.49. The van der Waals surface area contributed by atoms with Crippen molar-refractivity contribution < 1.29 is 5.11 Å². The lowest BCUT2D eigenvalue weighted by atomic mass is 10.1. The summed E-state index contributed by atoms with van der Waals surface area (Å²) in [6.45, 7) is 6.51. The monoisotopic (exact) mass is 209 g/mol. The van der Waals surface area contributed by atoms with Gasteiger partial charge >= 0.3 is 0 Å². The van der Waals surface area contributed by atoms with Crippen molar-refractivity contribution in [1.29, 1.82) is 0 Å². The van der Waals surface area contributed by atoms with Crippen LogP contribution in [0.4, 0.5) is 0 Å². The number of benzene rings is 1. The minimum absolute atomic E-state index is 0.107. The van der Waals surface area contributed by atoms with Crippen molar-refractivity contribution >= 4 is 8.07 Å². The lowest BCUT2D eigenvalue weighted by Gasteiger charge is -2.29. The normalized spacial score (nSPS) is 16.4. The van der Waals surface area contributed by atoms with Gasteiger partial charge in [0.1, 0.15) is 0 Å². The fourth-order valence-electron chi connectivity index (χ4n) is 1.33. The van der Waals surface area contributed by atoms with Crippen LogP contribution < -0.4 is 5.73 Å². The summed E-state index contributed by atoms with van der Waals surface area (Å²) in [5.41, 5.74) is 6.85. The van der Waals surface area contributed by atoms with Crippen molar-refractivity contribution in [3.63, 3.8) is 0 Å². The maximum absolute atomic E-state index is 10.0. The molecule has 0 aromatic heterocycles. The smallest absolute Gasteiger partial charge is 0.0913 e. The predicted molar refractivity (Wildman–Crippen MR) is 62.7 cm³/mol. The first-order valence-electron chi connectivity index (χ1n) is 4.91. The molecule has 1 aromatic rings. The standard InChI is InChI=1S/C11H19NOSi/c1-14(2,3)11(12)10(13)9-7-5-4-6-8-9/h4-8,10-11,13H,12H2,1-3H3/t10-,11-/m1/s1. The predicted octanol–water partition coefficient (Wildman–Crippen LogP) is 1.92. The van der Waals surface area contributed by atoms with Gasteiger partial charge in [0, 0.05) is 5.67 Å². The zero-order chi connectivity index (χ0) is 10.8. The van der Waals surface area contributed by atoms with E-state index in [1.165, 1.54) is 0 Å². The zero-order valence-electron chi connectivity index (χ0n) is 9.07. The number of hydrogen-bond donors (Lipinski definition) is 2. The number of rotatable bonds is 3. The minimum atomic E-state index is -1.48. The van der Waals surface area contributed by atoms with Gasteiger partial charge in [-0.2, -0.15) is 0 Å². The summed E-state index contributed by atoms with van der Waals surface area (Å²) < 4.78 is 0. The Bertz CT molecular complexity index is 281. The number of hydrogen-bond acceptors (Lipinski definition) is 2. The van der Waals surface area contributed by atoms with Crippen molar-refractivity contribution in [2.45, 2.75) is 31.4 Å². The summed E-state index contributed by atoms with van der Waals surface area (Å²) in [5.74, 6) is 0. The third kappa shape index (κ3) is 2.67. The van der Waals surface area contributed by atoms with Crippen LogP contribution in [0.25, 0.3) is 0 Å². The molecule has 0 unspecified atom stereocenters. The summed E-state index contributed by atoms with van der Waals surface area (Å²) in [7, 11) is -1.48. The van der Waals surface area contributed by atoms with Crippen molar-refractivity contribution in [1.82, 2.24) is 0 Å². The van der Waals surface area contributed by atoms with Crippen molar-refractivity contribution in [2.75, 3.05) is 0 Å². The van der Waals surface area contributed by atoms with Crippen LogP contribution in [0.3, 0.4) is 0 Å². The Labute approximate surface area is 86.8 Å². The Hall–Kier alpha value is -0.643. The fourth-order valence-corrected chi connectivity index (χ4v) is 2.47. The van der Waals surface area contributed by atoms with E-state index in [1.54, 1.807) is 0 Å². The highest BCUT2D eigenvalue weighted by Crippen LogP contribution is 2.21. The van der Waals surface area contributed by atoms with E-state index >= 15 is 0 Å². The first-order valence-corrected chi connectivity index (χ1v) is 8.49. The first-order chi connectivity index (χ1) is 6.43. The van der Waals surface area contributed by atoms with Crippen LogP contribution in [0.15, 0.2) is 30.3 Å². The molecule has 2 atom stereocenters. The Morgan fingerprint density at radius 1 is 1.14 bits per heavy atom. The number of nitrogens with two attached hydrogens (primary N) is 1. The van der Waals surface area contributed by atoms with Crippen molar-refractivity contribution in [2.24, 2.45) is 5.73 Å². The molecule has 1 aromatic carbocycles. The van der Waals surface area contributed by atoms with Gasteiger partial charge in [-0.3, -0.25) is 0 Å². The molecule has 0 saturated heterocycles.